The molecule has 3 aromatic carbocycles. The second-order valence-electron chi connectivity index (χ2n) is 7.59. The molecule has 7 heteroatoms. The van der Waals surface area contributed by atoms with Gasteiger partial charge in [-0.15, -0.1) is 0 Å². The lowest BCUT2D eigenvalue weighted by Crippen LogP contribution is -2.67. The number of hydrogen-bond donors (Lipinski definition) is 0. The fourth-order valence-electron chi connectivity index (χ4n) is 4.35. The van der Waals surface area contributed by atoms with Gasteiger partial charge < -0.3 is 14.4 Å². The van der Waals surface area contributed by atoms with Gasteiger partial charge >= 0.3 is 0 Å². The van der Waals surface area contributed by atoms with Gasteiger partial charge in [-0.25, -0.2) is 0 Å². The van der Waals surface area contributed by atoms with E-state index in [1.165, 1.54) is 0 Å². The molecule has 0 aliphatic carbocycles. The first-order valence-electron chi connectivity index (χ1n) is 10.1. The molecule has 0 unspecified atom stereocenters. The van der Waals surface area contributed by atoms with Crippen LogP contribution >= 0.6 is 0 Å². The average molecular weight is 428 g/mol. The summed E-state index contributed by atoms with van der Waals surface area (Å²) in [5.41, 5.74) is 2.09. The number of benzene rings is 3. The number of amides is 3. The minimum Gasteiger partial charge on any atom is -0.497 e. The monoisotopic (exact) mass is 428 g/mol. The lowest BCUT2D eigenvalue weighted by Gasteiger charge is -2.49. The highest BCUT2D eigenvalue weighted by Crippen LogP contribution is 2.44. The lowest BCUT2D eigenvalue weighted by molar-refractivity contribution is -0.130. The van der Waals surface area contributed by atoms with Crippen LogP contribution in [0.4, 0.5) is 5.69 Å². The number of imide groups is 1. The van der Waals surface area contributed by atoms with Crippen molar-refractivity contribution in [3.05, 3.63) is 89.5 Å². The van der Waals surface area contributed by atoms with Crippen molar-refractivity contribution in [1.82, 2.24) is 4.90 Å². The van der Waals surface area contributed by atoms with Gasteiger partial charge in [-0.3, -0.25) is 19.3 Å². The van der Waals surface area contributed by atoms with Crippen LogP contribution in [-0.4, -0.2) is 42.9 Å². The van der Waals surface area contributed by atoms with Crippen LogP contribution in [0.15, 0.2) is 72.8 Å². The molecule has 2 atom stereocenters. The summed E-state index contributed by atoms with van der Waals surface area (Å²) in [4.78, 5) is 42.3. The van der Waals surface area contributed by atoms with Crippen molar-refractivity contribution < 1.29 is 23.9 Å². The molecular weight excluding hydrogens is 408 g/mol. The first-order valence-corrected chi connectivity index (χ1v) is 10.1. The molecule has 7 nitrogen and oxygen atoms in total. The zero-order valence-electron chi connectivity index (χ0n) is 17.5. The van der Waals surface area contributed by atoms with Crippen LogP contribution in [0, 0.1) is 0 Å². The zero-order chi connectivity index (χ0) is 22.4. The first-order chi connectivity index (χ1) is 15.5. The Balaban J connectivity index is 1.56. The quantitative estimate of drug-likeness (QED) is 0.460. The van der Waals surface area contributed by atoms with Crippen LogP contribution in [0.3, 0.4) is 0 Å². The molecule has 0 spiro atoms. The fourth-order valence-corrected chi connectivity index (χ4v) is 4.35. The molecule has 0 radical (unpaired) electrons. The van der Waals surface area contributed by atoms with E-state index in [4.69, 9.17) is 9.47 Å². The third-order valence-corrected chi connectivity index (χ3v) is 5.98. The molecule has 2 aliphatic heterocycles. The van der Waals surface area contributed by atoms with Crippen LogP contribution in [-0.2, 0) is 4.79 Å². The predicted octanol–water partition coefficient (Wildman–Crippen LogP) is 3.46. The maximum atomic E-state index is 13.4. The van der Waals surface area contributed by atoms with Crippen LogP contribution in [0.2, 0.25) is 0 Å². The lowest BCUT2D eigenvalue weighted by atomic mass is 9.86. The standard InChI is InChI=1S/C25H20N2O5/c1-31-17-11-7-15(8-12-17)21-22(25(30)26(21)16-9-13-18(32-2)14-10-16)27-23(28)19-5-3-4-6-20(19)24(27)29/h3-14,21-22H,1-2H3/t21-,22-/m0/s1. The smallest absolute Gasteiger partial charge is 0.262 e. The Hall–Kier alpha value is -4.13. The molecule has 3 aromatic rings. The summed E-state index contributed by atoms with van der Waals surface area (Å²) < 4.78 is 10.5. The number of carbonyl (C=O) groups is 3. The predicted molar refractivity (Wildman–Crippen MR) is 117 cm³/mol. The van der Waals surface area contributed by atoms with E-state index in [1.807, 2.05) is 12.1 Å². The van der Waals surface area contributed by atoms with Crippen LogP contribution < -0.4 is 14.4 Å². The summed E-state index contributed by atoms with van der Waals surface area (Å²) in [6.07, 6.45) is 0. The largest absolute Gasteiger partial charge is 0.497 e. The normalized spacial score (nSPS) is 19.6. The third kappa shape index (κ3) is 2.85. The van der Waals surface area contributed by atoms with E-state index in [2.05, 4.69) is 0 Å². The molecule has 0 aromatic heterocycles. The van der Waals surface area contributed by atoms with E-state index in [1.54, 1.807) is 79.8 Å². The highest BCUT2D eigenvalue weighted by molar-refractivity contribution is 6.24. The number of β-lactam (4-membered cyclic amide) rings is 1. The van der Waals surface area contributed by atoms with Crippen molar-refractivity contribution in [3.63, 3.8) is 0 Å². The second-order valence-corrected chi connectivity index (χ2v) is 7.59. The van der Waals surface area contributed by atoms with Gasteiger partial charge in [0.05, 0.1) is 31.4 Å². The van der Waals surface area contributed by atoms with Gasteiger partial charge in [-0.2, -0.15) is 0 Å². The number of carbonyl (C=O) groups excluding carboxylic acids is 3. The molecule has 2 aliphatic rings. The Morgan fingerprint density at radius 1 is 0.625 bits per heavy atom. The van der Waals surface area contributed by atoms with Crippen molar-refractivity contribution >= 4 is 23.4 Å². The molecule has 0 saturated carbocycles. The van der Waals surface area contributed by atoms with Crippen molar-refractivity contribution in [2.45, 2.75) is 12.1 Å². The van der Waals surface area contributed by atoms with Crippen molar-refractivity contribution in [3.8, 4) is 11.5 Å². The van der Waals surface area contributed by atoms with Gasteiger partial charge in [0.1, 0.15) is 17.5 Å². The number of hydrogen-bond acceptors (Lipinski definition) is 5. The van der Waals surface area contributed by atoms with Gasteiger partial charge in [-0.1, -0.05) is 24.3 Å². The number of nitrogens with zero attached hydrogens (tertiary/aromatic N) is 2. The maximum absolute atomic E-state index is 13.4. The fraction of sp³-hybridized carbons (Fsp3) is 0.160. The Morgan fingerprint density at radius 3 is 1.62 bits per heavy atom. The first kappa shape index (κ1) is 19.8. The zero-order valence-corrected chi connectivity index (χ0v) is 17.5. The number of ether oxygens (including phenoxy) is 2. The minimum absolute atomic E-state index is 0.314. The Kier molecular flexibility index (Phi) is 4.66. The molecule has 1 fully saturated rings. The Labute approximate surface area is 184 Å². The van der Waals surface area contributed by atoms with E-state index in [9.17, 15) is 14.4 Å². The van der Waals surface area contributed by atoms with E-state index >= 15 is 0 Å². The average Bonchev–Trinajstić information content (AvgIpc) is 3.08. The molecule has 1 saturated heterocycles. The molecule has 3 amide bonds. The van der Waals surface area contributed by atoms with Gasteiger partial charge in [0, 0.05) is 5.69 Å². The van der Waals surface area contributed by atoms with Gasteiger partial charge in [0.25, 0.3) is 17.7 Å². The molecule has 160 valence electrons. The van der Waals surface area contributed by atoms with Crippen molar-refractivity contribution in [1.29, 1.82) is 0 Å². The SMILES string of the molecule is COc1ccc([C@H]2[C@H](N3C(=O)c4ccccc4C3=O)C(=O)N2c2ccc(OC)cc2)cc1. The van der Waals surface area contributed by atoms with E-state index in [0.717, 1.165) is 10.5 Å². The van der Waals surface area contributed by atoms with Gasteiger partial charge in [-0.05, 0) is 54.1 Å². The van der Waals surface area contributed by atoms with Crippen LogP contribution in [0.5, 0.6) is 11.5 Å². The van der Waals surface area contributed by atoms with Crippen LogP contribution in [0.1, 0.15) is 32.3 Å². The Bertz CT molecular complexity index is 1180. The number of fused-ring (bicyclic) bond motifs is 1. The van der Waals surface area contributed by atoms with E-state index in [-0.39, 0.29) is 5.91 Å². The highest BCUT2D eigenvalue weighted by Gasteiger charge is 2.57. The van der Waals surface area contributed by atoms with E-state index in [0.29, 0.717) is 28.3 Å². The highest BCUT2D eigenvalue weighted by atomic mass is 16.5. The molecule has 0 N–H and O–H groups in total. The molecule has 32 heavy (non-hydrogen) atoms. The molecular formula is C25H20N2O5. The molecule has 0 bridgehead atoms. The molecule has 5 rings (SSSR count). The third-order valence-electron chi connectivity index (χ3n) is 5.98. The van der Waals surface area contributed by atoms with Gasteiger partial charge in [0.15, 0.2) is 0 Å². The Morgan fingerprint density at radius 2 is 1.12 bits per heavy atom. The number of anilines is 1. The van der Waals surface area contributed by atoms with Gasteiger partial charge in [0.2, 0.25) is 0 Å². The van der Waals surface area contributed by atoms with Crippen LogP contribution in [0.25, 0.3) is 0 Å². The van der Waals surface area contributed by atoms with Crippen molar-refractivity contribution in [2.75, 3.05) is 19.1 Å². The maximum Gasteiger partial charge on any atom is 0.262 e. The number of rotatable bonds is 5. The summed E-state index contributed by atoms with van der Waals surface area (Å²) in [7, 11) is 3.15. The summed E-state index contributed by atoms with van der Waals surface area (Å²) in [6.45, 7) is 0. The summed E-state index contributed by atoms with van der Waals surface area (Å²) in [5.74, 6) is 0.131. The summed E-state index contributed by atoms with van der Waals surface area (Å²) in [5, 5.41) is 0. The topological polar surface area (TPSA) is 76.2 Å². The van der Waals surface area contributed by atoms with Crippen molar-refractivity contribution in [2.24, 2.45) is 0 Å². The molecule has 2 heterocycles. The number of methoxy groups -OCH3 is 2. The minimum atomic E-state index is -0.933. The van der Waals surface area contributed by atoms with E-state index < -0.39 is 23.9 Å². The summed E-state index contributed by atoms with van der Waals surface area (Å²) in [6, 6.07) is 19.6. The second kappa shape index (κ2) is 7.53. The summed E-state index contributed by atoms with van der Waals surface area (Å²) >= 11 is 0.